The minimum atomic E-state index is -0.857. The Bertz CT molecular complexity index is 1050. The van der Waals surface area contributed by atoms with Crippen molar-refractivity contribution in [3.05, 3.63) is 89.7 Å². The molecule has 0 saturated carbocycles. The molecule has 1 heterocycles. The zero-order valence-corrected chi connectivity index (χ0v) is 16.9. The highest BCUT2D eigenvalue weighted by molar-refractivity contribution is 6.40. The fourth-order valence-electron chi connectivity index (χ4n) is 2.75. The van der Waals surface area contributed by atoms with Crippen molar-refractivity contribution in [3.8, 4) is 5.75 Å². The van der Waals surface area contributed by atoms with Crippen molar-refractivity contribution >= 4 is 23.4 Å². The number of carbonyl (C=O) groups excluding carboxylic acids is 3. The van der Waals surface area contributed by atoms with Crippen molar-refractivity contribution in [2.24, 2.45) is 0 Å². The van der Waals surface area contributed by atoms with Gasteiger partial charge in [0, 0.05) is 25.5 Å². The second-order valence-corrected chi connectivity index (χ2v) is 6.57. The first-order valence-corrected chi connectivity index (χ1v) is 9.55. The van der Waals surface area contributed by atoms with Crippen LogP contribution >= 0.6 is 0 Å². The molecule has 2 aromatic carbocycles. The fourth-order valence-corrected chi connectivity index (χ4v) is 2.75. The van der Waals surface area contributed by atoms with Crippen LogP contribution in [-0.2, 0) is 22.7 Å². The van der Waals surface area contributed by atoms with E-state index >= 15 is 0 Å². The Morgan fingerprint density at radius 2 is 1.45 bits per heavy atom. The van der Waals surface area contributed by atoms with Crippen molar-refractivity contribution < 1.29 is 19.1 Å². The van der Waals surface area contributed by atoms with E-state index in [4.69, 9.17) is 4.74 Å². The first-order valence-electron chi connectivity index (χ1n) is 9.55. The fraction of sp³-hybridized carbons (Fsp3) is 0.130. The highest BCUT2D eigenvalue weighted by atomic mass is 16.5. The van der Waals surface area contributed by atoms with Gasteiger partial charge >= 0.3 is 11.8 Å². The lowest BCUT2D eigenvalue weighted by atomic mass is 10.1. The van der Waals surface area contributed by atoms with Crippen LogP contribution < -0.4 is 20.7 Å². The molecule has 158 valence electrons. The van der Waals surface area contributed by atoms with Crippen LogP contribution in [0.15, 0.2) is 73.1 Å². The minimum absolute atomic E-state index is 0.193. The van der Waals surface area contributed by atoms with Gasteiger partial charge in [-0.1, -0.05) is 24.3 Å². The largest absolute Gasteiger partial charge is 0.497 e. The van der Waals surface area contributed by atoms with Gasteiger partial charge < -0.3 is 20.7 Å². The lowest BCUT2D eigenvalue weighted by molar-refractivity contribution is -0.136. The van der Waals surface area contributed by atoms with Gasteiger partial charge in [-0.25, -0.2) is 0 Å². The Morgan fingerprint density at radius 1 is 0.806 bits per heavy atom. The van der Waals surface area contributed by atoms with E-state index in [9.17, 15) is 14.4 Å². The Balaban J connectivity index is 1.58. The molecule has 3 rings (SSSR count). The summed E-state index contributed by atoms with van der Waals surface area (Å²) in [5.41, 5.74) is 2.21. The third kappa shape index (κ3) is 6.14. The van der Waals surface area contributed by atoms with Gasteiger partial charge in [-0.15, -0.1) is 0 Å². The first kappa shape index (κ1) is 21.5. The third-order valence-electron chi connectivity index (χ3n) is 4.44. The number of nitrogens with one attached hydrogen (secondary N) is 3. The predicted octanol–water partition coefficient (Wildman–Crippen LogP) is 2.28. The van der Waals surface area contributed by atoms with Gasteiger partial charge in [0.25, 0.3) is 5.91 Å². The first-order chi connectivity index (χ1) is 15.1. The maximum atomic E-state index is 12.6. The Labute approximate surface area is 179 Å². The Kier molecular flexibility index (Phi) is 7.31. The lowest BCUT2D eigenvalue weighted by Gasteiger charge is -2.12. The van der Waals surface area contributed by atoms with Crippen molar-refractivity contribution in [2.75, 3.05) is 12.4 Å². The van der Waals surface area contributed by atoms with E-state index in [1.165, 1.54) is 0 Å². The summed E-state index contributed by atoms with van der Waals surface area (Å²) in [5.74, 6) is -1.30. The number of pyridine rings is 1. The van der Waals surface area contributed by atoms with Gasteiger partial charge in [0.15, 0.2) is 0 Å². The van der Waals surface area contributed by atoms with Crippen molar-refractivity contribution in [1.82, 2.24) is 15.6 Å². The van der Waals surface area contributed by atoms with Crippen LogP contribution in [0, 0.1) is 0 Å². The van der Waals surface area contributed by atoms with E-state index in [0.717, 1.165) is 16.9 Å². The summed E-state index contributed by atoms with van der Waals surface area (Å²) in [6.07, 6.45) is 3.20. The standard InChI is InChI=1S/C23H22N4O4/c1-31-18-8-6-16(7-9-18)14-25-21(28)19-4-2-3-5-20(19)27-23(30)22(29)26-15-17-10-12-24-13-11-17/h2-13H,14-15H2,1H3,(H,25,28)(H,26,29)(H,27,30). The highest BCUT2D eigenvalue weighted by Gasteiger charge is 2.17. The molecule has 31 heavy (non-hydrogen) atoms. The average Bonchev–Trinajstić information content (AvgIpc) is 2.82. The van der Waals surface area contributed by atoms with E-state index < -0.39 is 11.8 Å². The number of amides is 3. The summed E-state index contributed by atoms with van der Waals surface area (Å²) >= 11 is 0. The molecule has 0 bridgehead atoms. The zero-order chi connectivity index (χ0) is 22.1. The number of anilines is 1. The maximum absolute atomic E-state index is 12.6. The summed E-state index contributed by atoms with van der Waals surface area (Å²) in [4.78, 5) is 40.9. The van der Waals surface area contributed by atoms with Crippen LogP contribution in [0.4, 0.5) is 5.69 Å². The Morgan fingerprint density at radius 3 is 2.16 bits per heavy atom. The summed E-state index contributed by atoms with van der Waals surface area (Å²) in [6.45, 7) is 0.496. The lowest BCUT2D eigenvalue weighted by Crippen LogP contribution is -2.35. The summed E-state index contributed by atoms with van der Waals surface area (Å²) in [7, 11) is 1.58. The van der Waals surface area contributed by atoms with Crippen molar-refractivity contribution in [1.29, 1.82) is 0 Å². The van der Waals surface area contributed by atoms with Crippen molar-refractivity contribution in [3.63, 3.8) is 0 Å². The number of hydrogen-bond donors (Lipinski definition) is 3. The topological polar surface area (TPSA) is 109 Å². The molecule has 0 aliphatic rings. The van der Waals surface area contributed by atoms with Crippen LogP contribution in [0.25, 0.3) is 0 Å². The molecule has 0 atom stereocenters. The zero-order valence-electron chi connectivity index (χ0n) is 16.9. The van der Waals surface area contributed by atoms with Crippen LogP contribution in [-0.4, -0.2) is 29.8 Å². The monoisotopic (exact) mass is 418 g/mol. The molecule has 0 spiro atoms. The quantitative estimate of drug-likeness (QED) is 0.510. The van der Waals surface area contributed by atoms with Crippen LogP contribution in [0.1, 0.15) is 21.5 Å². The van der Waals surface area contributed by atoms with Gasteiger partial charge in [0.2, 0.25) is 0 Å². The van der Waals surface area contributed by atoms with E-state index in [1.54, 1.807) is 68.0 Å². The van der Waals surface area contributed by atoms with Crippen molar-refractivity contribution in [2.45, 2.75) is 13.1 Å². The minimum Gasteiger partial charge on any atom is -0.497 e. The SMILES string of the molecule is COc1ccc(CNC(=O)c2ccccc2NC(=O)C(=O)NCc2ccncc2)cc1. The molecule has 3 N–H and O–H groups in total. The van der Waals surface area contributed by atoms with Gasteiger partial charge in [0.1, 0.15) is 5.75 Å². The number of aromatic nitrogens is 1. The van der Waals surface area contributed by atoms with E-state index in [1.807, 2.05) is 12.1 Å². The molecule has 8 heteroatoms. The molecule has 0 unspecified atom stereocenters. The van der Waals surface area contributed by atoms with Gasteiger partial charge in [-0.05, 0) is 47.5 Å². The number of ether oxygens (including phenoxy) is 1. The Hall–Kier alpha value is -4.20. The summed E-state index contributed by atoms with van der Waals surface area (Å²) in [6, 6.07) is 17.3. The van der Waals surface area contributed by atoms with Crippen LogP contribution in [0.2, 0.25) is 0 Å². The second-order valence-electron chi connectivity index (χ2n) is 6.57. The predicted molar refractivity (Wildman–Crippen MR) is 115 cm³/mol. The van der Waals surface area contributed by atoms with E-state index in [-0.39, 0.29) is 23.7 Å². The maximum Gasteiger partial charge on any atom is 0.313 e. The number of hydrogen-bond acceptors (Lipinski definition) is 5. The molecule has 3 aromatic rings. The van der Waals surface area contributed by atoms with Gasteiger partial charge in [-0.2, -0.15) is 0 Å². The number of carbonyl (C=O) groups is 3. The molecule has 0 aliphatic carbocycles. The molecule has 3 amide bonds. The molecule has 0 fully saturated rings. The van der Waals surface area contributed by atoms with E-state index in [0.29, 0.717) is 6.54 Å². The summed E-state index contributed by atoms with van der Waals surface area (Å²) < 4.78 is 5.12. The second kappa shape index (κ2) is 10.5. The van der Waals surface area contributed by atoms with E-state index in [2.05, 4.69) is 20.9 Å². The third-order valence-corrected chi connectivity index (χ3v) is 4.44. The number of rotatable bonds is 7. The number of nitrogens with zero attached hydrogens (tertiary/aromatic N) is 1. The molecular formula is C23H22N4O4. The molecular weight excluding hydrogens is 396 g/mol. The summed E-state index contributed by atoms with van der Waals surface area (Å²) in [5, 5.41) is 7.84. The molecule has 0 saturated heterocycles. The number of benzene rings is 2. The van der Waals surface area contributed by atoms with Crippen LogP contribution in [0.5, 0.6) is 5.75 Å². The van der Waals surface area contributed by atoms with Crippen LogP contribution in [0.3, 0.4) is 0 Å². The average molecular weight is 418 g/mol. The van der Waals surface area contributed by atoms with Gasteiger partial charge in [-0.3, -0.25) is 19.4 Å². The normalized spacial score (nSPS) is 10.1. The van der Waals surface area contributed by atoms with Gasteiger partial charge in [0.05, 0.1) is 18.4 Å². The number of methoxy groups -OCH3 is 1. The molecule has 0 aliphatic heterocycles. The smallest absolute Gasteiger partial charge is 0.313 e. The number of para-hydroxylation sites is 1. The molecule has 1 aromatic heterocycles. The molecule has 8 nitrogen and oxygen atoms in total. The molecule has 0 radical (unpaired) electrons. The highest BCUT2D eigenvalue weighted by Crippen LogP contribution is 2.16.